The Hall–Kier alpha value is -4.23. The summed E-state index contributed by atoms with van der Waals surface area (Å²) in [5.41, 5.74) is 11.4. The third-order valence-electron chi connectivity index (χ3n) is 5.47. The molecule has 3 N–H and O–H groups in total. The Labute approximate surface area is 191 Å². The summed E-state index contributed by atoms with van der Waals surface area (Å²) in [4.78, 5) is 22.8. The van der Waals surface area contributed by atoms with Crippen LogP contribution in [0.15, 0.2) is 85.3 Å². The second-order valence-corrected chi connectivity index (χ2v) is 7.74. The lowest BCUT2D eigenvalue weighted by atomic mass is 10.0. The van der Waals surface area contributed by atoms with Crippen molar-refractivity contribution in [3.05, 3.63) is 96.8 Å². The van der Waals surface area contributed by atoms with Gasteiger partial charge >= 0.3 is 0 Å². The Morgan fingerprint density at radius 3 is 2.36 bits per heavy atom. The van der Waals surface area contributed by atoms with Crippen molar-refractivity contribution in [2.24, 2.45) is 0 Å². The van der Waals surface area contributed by atoms with Gasteiger partial charge in [-0.15, -0.1) is 0 Å². The zero-order valence-electron chi connectivity index (χ0n) is 18.2. The van der Waals surface area contributed by atoms with Crippen LogP contribution < -0.4 is 11.1 Å². The second-order valence-electron chi connectivity index (χ2n) is 7.74. The maximum absolute atomic E-state index is 6.37. The van der Waals surface area contributed by atoms with Crippen molar-refractivity contribution in [3.8, 4) is 22.5 Å². The summed E-state index contributed by atoms with van der Waals surface area (Å²) in [6.45, 7) is 2.45. The average Bonchev–Trinajstić information content (AvgIpc) is 2.88. The first kappa shape index (κ1) is 20.7. The van der Waals surface area contributed by atoms with Crippen LogP contribution in [0, 0.1) is 0 Å². The molecular formula is C26H23N7. The molecular weight excluding hydrogens is 410 g/mol. The van der Waals surface area contributed by atoms with Crippen LogP contribution in [0.2, 0.25) is 0 Å². The maximum Gasteiger partial charge on any atom is 0.147 e. The molecule has 0 aliphatic carbocycles. The highest BCUT2D eigenvalue weighted by atomic mass is 15.0. The number of nitrogens with one attached hydrogen (secondary N) is 1. The van der Waals surface area contributed by atoms with E-state index in [1.807, 2.05) is 61.5 Å². The van der Waals surface area contributed by atoms with E-state index in [0.29, 0.717) is 23.9 Å². The number of hydrogen-bond acceptors (Lipinski definition) is 7. The Morgan fingerprint density at radius 2 is 1.55 bits per heavy atom. The van der Waals surface area contributed by atoms with Crippen molar-refractivity contribution in [2.75, 3.05) is 5.73 Å². The number of fused-ring (bicyclic) bond motifs is 1. The summed E-state index contributed by atoms with van der Waals surface area (Å²) in [5.74, 6) is 1.11. The van der Waals surface area contributed by atoms with Gasteiger partial charge in [0.05, 0.1) is 28.6 Å². The second kappa shape index (κ2) is 9.10. The molecule has 1 unspecified atom stereocenters. The molecule has 0 aliphatic heterocycles. The van der Waals surface area contributed by atoms with E-state index in [1.165, 1.54) is 0 Å². The number of nitrogen functional groups attached to an aromatic ring is 1. The minimum absolute atomic E-state index is 0.0589. The van der Waals surface area contributed by atoms with Crippen LogP contribution in [-0.4, -0.2) is 24.9 Å². The summed E-state index contributed by atoms with van der Waals surface area (Å²) in [6, 6.07) is 21.8. The molecule has 33 heavy (non-hydrogen) atoms. The van der Waals surface area contributed by atoms with E-state index in [1.54, 1.807) is 24.7 Å². The third kappa shape index (κ3) is 4.40. The molecule has 3 heterocycles. The maximum atomic E-state index is 6.37. The fourth-order valence-electron chi connectivity index (χ4n) is 3.71. The molecule has 2 aromatic carbocycles. The number of aromatic nitrogens is 5. The predicted octanol–water partition coefficient (Wildman–Crippen LogP) is 4.58. The minimum atomic E-state index is -0.0589. The first-order valence-electron chi connectivity index (χ1n) is 10.8. The van der Waals surface area contributed by atoms with Crippen molar-refractivity contribution in [1.29, 1.82) is 0 Å². The zero-order chi connectivity index (χ0) is 22.6. The van der Waals surface area contributed by atoms with Crippen molar-refractivity contribution < 1.29 is 0 Å². The van der Waals surface area contributed by atoms with Crippen LogP contribution in [-0.2, 0) is 6.54 Å². The first-order chi connectivity index (χ1) is 16.2. The molecule has 0 radical (unpaired) electrons. The van der Waals surface area contributed by atoms with E-state index >= 15 is 0 Å². The van der Waals surface area contributed by atoms with Gasteiger partial charge in [-0.2, -0.15) is 0 Å². The SMILES string of the molecule is CC(NCc1nc(-c2ccc3ncccc3c2)c(-c2ccccc2)nc1N)c1ncccn1. The van der Waals surface area contributed by atoms with Gasteiger partial charge in [0.15, 0.2) is 0 Å². The molecule has 162 valence electrons. The van der Waals surface area contributed by atoms with Crippen molar-refractivity contribution in [1.82, 2.24) is 30.2 Å². The van der Waals surface area contributed by atoms with E-state index in [0.717, 1.165) is 33.4 Å². The molecule has 7 heteroatoms. The summed E-state index contributed by atoms with van der Waals surface area (Å²) < 4.78 is 0. The van der Waals surface area contributed by atoms with Gasteiger partial charge in [0.1, 0.15) is 11.6 Å². The highest BCUT2D eigenvalue weighted by Gasteiger charge is 2.17. The van der Waals surface area contributed by atoms with Crippen molar-refractivity contribution in [2.45, 2.75) is 19.5 Å². The van der Waals surface area contributed by atoms with E-state index < -0.39 is 0 Å². The molecule has 5 aromatic rings. The van der Waals surface area contributed by atoms with E-state index in [9.17, 15) is 0 Å². The Morgan fingerprint density at radius 1 is 0.788 bits per heavy atom. The minimum Gasteiger partial charge on any atom is -0.382 e. The fourth-order valence-corrected chi connectivity index (χ4v) is 3.71. The van der Waals surface area contributed by atoms with Crippen LogP contribution in [0.4, 0.5) is 5.82 Å². The van der Waals surface area contributed by atoms with Gasteiger partial charge in [-0.05, 0) is 31.2 Å². The van der Waals surface area contributed by atoms with Gasteiger partial charge in [0, 0.05) is 41.6 Å². The molecule has 5 rings (SSSR count). The lowest BCUT2D eigenvalue weighted by Crippen LogP contribution is -2.22. The highest BCUT2D eigenvalue weighted by Crippen LogP contribution is 2.32. The standard InChI is InChI=1S/C26H23N7/c1-17(26-29-13-6-14-30-26)31-16-22-25(27)33-23(18-7-3-2-4-8-18)24(32-22)20-10-11-21-19(15-20)9-5-12-28-21/h2-15,17,31H,16H2,1H3,(H2,27,33). The van der Waals surface area contributed by atoms with Crippen molar-refractivity contribution in [3.63, 3.8) is 0 Å². The number of anilines is 1. The van der Waals surface area contributed by atoms with Crippen LogP contribution in [0.25, 0.3) is 33.4 Å². The largest absolute Gasteiger partial charge is 0.382 e. The van der Waals surface area contributed by atoms with Gasteiger partial charge in [-0.25, -0.2) is 19.9 Å². The zero-order valence-corrected chi connectivity index (χ0v) is 18.2. The van der Waals surface area contributed by atoms with Crippen LogP contribution in [0.5, 0.6) is 0 Å². The van der Waals surface area contributed by atoms with Gasteiger partial charge in [0.2, 0.25) is 0 Å². The molecule has 0 spiro atoms. The van der Waals surface area contributed by atoms with Crippen molar-refractivity contribution >= 4 is 16.7 Å². The number of rotatable bonds is 6. The summed E-state index contributed by atoms with van der Waals surface area (Å²) in [5, 5.41) is 4.45. The van der Waals surface area contributed by atoms with E-state index in [-0.39, 0.29) is 6.04 Å². The van der Waals surface area contributed by atoms with Crippen LogP contribution in [0.3, 0.4) is 0 Å². The number of nitrogens with two attached hydrogens (primary N) is 1. The number of benzene rings is 2. The van der Waals surface area contributed by atoms with Gasteiger partial charge in [-0.3, -0.25) is 4.98 Å². The molecule has 0 saturated heterocycles. The van der Waals surface area contributed by atoms with E-state index in [4.69, 9.17) is 15.7 Å². The molecule has 0 amide bonds. The topological polar surface area (TPSA) is 102 Å². The number of hydrogen-bond donors (Lipinski definition) is 2. The Kier molecular flexibility index (Phi) is 5.70. The monoisotopic (exact) mass is 433 g/mol. The smallest absolute Gasteiger partial charge is 0.147 e. The quantitative estimate of drug-likeness (QED) is 0.404. The normalized spacial score (nSPS) is 12.0. The lowest BCUT2D eigenvalue weighted by molar-refractivity contribution is 0.540. The summed E-state index contributed by atoms with van der Waals surface area (Å²) in [6.07, 6.45) is 5.26. The number of pyridine rings is 1. The van der Waals surface area contributed by atoms with Gasteiger partial charge in [0.25, 0.3) is 0 Å². The van der Waals surface area contributed by atoms with Gasteiger partial charge in [-0.1, -0.05) is 42.5 Å². The molecule has 3 aromatic heterocycles. The highest BCUT2D eigenvalue weighted by molar-refractivity contribution is 5.87. The average molecular weight is 434 g/mol. The first-order valence-corrected chi connectivity index (χ1v) is 10.8. The Balaban J connectivity index is 1.56. The molecule has 7 nitrogen and oxygen atoms in total. The van der Waals surface area contributed by atoms with Gasteiger partial charge < -0.3 is 11.1 Å². The van der Waals surface area contributed by atoms with Crippen LogP contribution in [0.1, 0.15) is 24.5 Å². The summed E-state index contributed by atoms with van der Waals surface area (Å²) in [7, 11) is 0. The molecule has 0 aliphatic rings. The molecule has 0 saturated carbocycles. The van der Waals surface area contributed by atoms with Crippen LogP contribution >= 0.6 is 0 Å². The molecule has 1 atom stereocenters. The molecule has 0 bridgehead atoms. The van der Waals surface area contributed by atoms with E-state index in [2.05, 4.69) is 26.3 Å². The number of nitrogens with zero attached hydrogens (tertiary/aromatic N) is 5. The third-order valence-corrected chi connectivity index (χ3v) is 5.47. The Bertz CT molecular complexity index is 1390. The lowest BCUT2D eigenvalue weighted by Gasteiger charge is -2.16. The fraction of sp³-hybridized carbons (Fsp3) is 0.115. The molecule has 0 fully saturated rings. The summed E-state index contributed by atoms with van der Waals surface area (Å²) >= 11 is 0. The predicted molar refractivity (Wildman–Crippen MR) is 130 cm³/mol.